The zero-order valence-corrected chi connectivity index (χ0v) is 17.4. The van der Waals surface area contributed by atoms with Crippen molar-refractivity contribution in [3.8, 4) is 0 Å². The highest BCUT2D eigenvalue weighted by molar-refractivity contribution is 7.80. The Morgan fingerprint density at radius 2 is 1.93 bits per heavy atom. The van der Waals surface area contributed by atoms with Crippen molar-refractivity contribution in [3.63, 3.8) is 0 Å². The SMILES string of the molecule is Cc1cc([C@@H]2[C@H](c3ccccn3)NC(=S)N2CC(C)C)c(C)n1-n1cnnc1. The molecule has 0 unspecified atom stereocenters. The van der Waals surface area contributed by atoms with Crippen LogP contribution in [-0.2, 0) is 0 Å². The number of nitrogens with one attached hydrogen (secondary N) is 1. The number of aryl methyl sites for hydroxylation is 1. The van der Waals surface area contributed by atoms with Gasteiger partial charge >= 0.3 is 0 Å². The van der Waals surface area contributed by atoms with Gasteiger partial charge in [-0.2, -0.15) is 0 Å². The van der Waals surface area contributed by atoms with E-state index in [4.69, 9.17) is 12.2 Å². The molecule has 1 saturated heterocycles. The van der Waals surface area contributed by atoms with E-state index in [0.29, 0.717) is 5.92 Å². The van der Waals surface area contributed by atoms with Crippen LogP contribution in [0.15, 0.2) is 43.1 Å². The molecule has 0 radical (unpaired) electrons. The molecule has 28 heavy (non-hydrogen) atoms. The molecule has 1 aliphatic rings. The molecular weight excluding hydrogens is 370 g/mol. The quantitative estimate of drug-likeness (QED) is 0.670. The van der Waals surface area contributed by atoms with E-state index in [1.54, 1.807) is 12.7 Å². The maximum Gasteiger partial charge on any atom is 0.170 e. The lowest BCUT2D eigenvalue weighted by atomic mass is 9.96. The number of rotatable bonds is 5. The first-order valence-corrected chi connectivity index (χ1v) is 9.90. The average molecular weight is 396 g/mol. The Hall–Kier alpha value is -2.74. The van der Waals surface area contributed by atoms with Gasteiger partial charge in [-0.3, -0.25) is 9.66 Å². The summed E-state index contributed by atoms with van der Waals surface area (Å²) >= 11 is 5.73. The summed E-state index contributed by atoms with van der Waals surface area (Å²) in [6.07, 6.45) is 5.26. The number of nitrogens with zero attached hydrogens (tertiary/aromatic N) is 6. The Morgan fingerprint density at radius 1 is 1.18 bits per heavy atom. The summed E-state index contributed by atoms with van der Waals surface area (Å²) in [4.78, 5) is 6.92. The molecule has 3 aromatic rings. The van der Waals surface area contributed by atoms with E-state index in [2.05, 4.69) is 69.9 Å². The fourth-order valence-electron chi connectivity index (χ4n) is 4.06. The Bertz CT molecular complexity index is 962. The van der Waals surface area contributed by atoms with Crippen molar-refractivity contribution in [2.75, 3.05) is 6.54 Å². The topological polar surface area (TPSA) is 63.8 Å². The van der Waals surface area contributed by atoms with Crippen molar-refractivity contribution < 1.29 is 0 Å². The predicted octanol–water partition coefficient (Wildman–Crippen LogP) is 3.03. The van der Waals surface area contributed by atoms with Gasteiger partial charge in [0.05, 0.1) is 17.8 Å². The van der Waals surface area contributed by atoms with Gasteiger partial charge in [-0.25, -0.2) is 4.68 Å². The van der Waals surface area contributed by atoms with Crippen molar-refractivity contribution >= 4 is 17.3 Å². The number of aromatic nitrogens is 5. The van der Waals surface area contributed by atoms with Gasteiger partial charge in [0.2, 0.25) is 0 Å². The number of thiocarbonyl (C=S) groups is 1. The van der Waals surface area contributed by atoms with E-state index < -0.39 is 0 Å². The van der Waals surface area contributed by atoms with Gasteiger partial charge in [-0.15, -0.1) is 10.2 Å². The molecule has 146 valence electrons. The third-order valence-electron chi connectivity index (χ3n) is 5.15. The Labute approximate surface area is 170 Å². The van der Waals surface area contributed by atoms with E-state index in [1.165, 1.54) is 5.56 Å². The van der Waals surface area contributed by atoms with Gasteiger partial charge in [0.15, 0.2) is 5.11 Å². The lowest BCUT2D eigenvalue weighted by Gasteiger charge is -2.29. The van der Waals surface area contributed by atoms with Crippen LogP contribution in [0.4, 0.5) is 0 Å². The predicted molar refractivity (Wildman–Crippen MR) is 112 cm³/mol. The maximum absolute atomic E-state index is 5.73. The minimum atomic E-state index is 0.00214. The average Bonchev–Trinajstić information content (AvgIpc) is 3.35. The lowest BCUT2D eigenvalue weighted by Crippen LogP contribution is -2.33. The van der Waals surface area contributed by atoms with Crippen LogP contribution < -0.4 is 5.32 Å². The molecule has 0 spiro atoms. The van der Waals surface area contributed by atoms with Crippen LogP contribution in [0.3, 0.4) is 0 Å². The summed E-state index contributed by atoms with van der Waals surface area (Å²) < 4.78 is 4.02. The molecule has 1 fully saturated rings. The molecule has 1 N–H and O–H groups in total. The molecule has 8 heteroatoms. The van der Waals surface area contributed by atoms with E-state index in [-0.39, 0.29) is 12.1 Å². The van der Waals surface area contributed by atoms with Gasteiger partial charge in [-0.1, -0.05) is 19.9 Å². The Balaban J connectivity index is 1.83. The van der Waals surface area contributed by atoms with Crippen molar-refractivity contribution in [2.24, 2.45) is 5.92 Å². The first kappa shape index (κ1) is 18.6. The normalized spacial score (nSPS) is 19.5. The third kappa shape index (κ3) is 3.17. The highest BCUT2D eigenvalue weighted by atomic mass is 32.1. The molecule has 3 aromatic heterocycles. The minimum absolute atomic E-state index is 0.00214. The monoisotopic (exact) mass is 395 g/mol. The second kappa shape index (κ2) is 7.35. The first-order chi connectivity index (χ1) is 13.5. The highest BCUT2D eigenvalue weighted by Crippen LogP contribution is 2.41. The lowest BCUT2D eigenvalue weighted by molar-refractivity contribution is 0.286. The summed E-state index contributed by atoms with van der Waals surface area (Å²) in [5, 5.41) is 12.2. The molecule has 7 nitrogen and oxygen atoms in total. The van der Waals surface area contributed by atoms with Gasteiger partial charge < -0.3 is 10.2 Å². The summed E-state index contributed by atoms with van der Waals surface area (Å²) in [5.41, 5.74) is 4.49. The van der Waals surface area contributed by atoms with E-state index in [1.807, 2.05) is 23.0 Å². The standard InChI is InChI=1S/C20H25N7S/c1-13(2)10-26-19(18(24-20(26)28)17-7-5-6-8-21-17)16-9-14(3)27(15(16)4)25-11-22-23-12-25/h5-9,11-13,18-19H,10H2,1-4H3,(H,24,28)/t18-,19+/m0/s1. The van der Waals surface area contributed by atoms with Crippen LogP contribution in [-0.4, -0.2) is 41.1 Å². The Kier molecular flexibility index (Phi) is 4.89. The molecule has 4 heterocycles. The summed E-state index contributed by atoms with van der Waals surface area (Å²) in [5.74, 6) is 0.492. The highest BCUT2D eigenvalue weighted by Gasteiger charge is 2.41. The minimum Gasteiger partial charge on any atom is -0.352 e. The van der Waals surface area contributed by atoms with Crippen molar-refractivity contribution in [1.82, 2.24) is 34.8 Å². The molecule has 0 amide bonds. The van der Waals surface area contributed by atoms with Crippen LogP contribution in [0.25, 0.3) is 0 Å². The van der Waals surface area contributed by atoms with Crippen LogP contribution in [0.2, 0.25) is 0 Å². The molecule has 0 aromatic carbocycles. The summed E-state index contributed by atoms with van der Waals surface area (Å²) in [6, 6.07) is 8.33. The van der Waals surface area contributed by atoms with E-state index >= 15 is 0 Å². The molecule has 4 rings (SSSR count). The maximum atomic E-state index is 5.73. The zero-order chi connectivity index (χ0) is 19.8. The molecule has 0 bridgehead atoms. The molecule has 1 aliphatic heterocycles. The first-order valence-electron chi connectivity index (χ1n) is 9.49. The summed E-state index contributed by atoms with van der Waals surface area (Å²) in [7, 11) is 0. The second-order valence-corrected chi connectivity index (χ2v) is 8.04. The van der Waals surface area contributed by atoms with Gasteiger partial charge in [0.25, 0.3) is 0 Å². The van der Waals surface area contributed by atoms with E-state index in [0.717, 1.165) is 28.7 Å². The van der Waals surface area contributed by atoms with Crippen LogP contribution in [0, 0.1) is 19.8 Å². The third-order valence-corrected chi connectivity index (χ3v) is 5.50. The summed E-state index contributed by atoms with van der Waals surface area (Å²) in [6.45, 7) is 9.55. The fourth-order valence-corrected chi connectivity index (χ4v) is 4.38. The van der Waals surface area contributed by atoms with Crippen molar-refractivity contribution in [1.29, 1.82) is 0 Å². The zero-order valence-electron chi connectivity index (χ0n) is 16.6. The van der Waals surface area contributed by atoms with Crippen LogP contribution >= 0.6 is 12.2 Å². The van der Waals surface area contributed by atoms with Crippen molar-refractivity contribution in [2.45, 2.75) is 39.8 Å². The van der Waals surface area contributed by atoms with Crippen LogP contribution in [0.5, 0.6) is 0 Å². The molecule has 2 atom stereocenters. The fraction of sp³-hybridized carbons (Fsp3) is 0.400. The van der Waals surface area contributed by atoms with Gasteiger partial charge in [-0.05, 0) is 50.2 Å². The molecule has 0 saturated carbocycles. The largest absolute Gasteiger partial charge is 0.352 e. The molecule has 0 aliphatic carbocycles. The van der Waals surface area contributed by atoms with E-state index in [9.17, 15) is 0 Å². The smallest absolute Gasteiger partial charge is 0.170 e. The number of hydrogen-bond acceptors (Lipinski definition) is 4. The van der Waals surface area contributed by atoms with Crippen molar-refractivity contribution in [3.05, 3.63) is 65.8 Å². The number of hydrogen-bond donors (Lipinski definition) is 1. The van der Waals surface area contributed by atoms with Gasteiger partial charge in [0, 0.05) is 29.7 Å². The Morgan fingerprint density at radius 3 is 2.57 bits per heavy atom. The van der Waals surface area contributed by atoms with Crippen LogP contribution in [0.1, 0.15) is 48.6 Å². The van der Waals surface area contributed by atoms with Gasteiger partial charge in [0.1, 0.15) is 12.7 Å². The molecular formula is C20H25N7S. The number of pyridine rings is 1. The second-order valence-electron chi connectivity index (χ2n) is 7.65.